The summed E-state index contributed by atoms with van der Waals surface area (Å²) >= 11 is 2.29. The van der Waals surface area contributed by atoms with Crippen LogP contribution in [0.1, 0.15) is 32.8 Å². The number of rotatable bonds is 5. The van der Waals surface area contributed by atoms with Crippen LogP contribution in [0, 0.1) is 10.5 Å². The third kappa shape index (κ3) is 6.98. The van der Waals surface area contributed by atoms with E-state index in [2.05, 4.69) is 34.8 Å². The number of hydrogen-bond donors (Lipinski definition) is 1. The molecule has 0 aliphatic heterocycles. The molecule has 0 saturated heterocycles. The molecule has 0 aliphatic carbocycles. The van der Waals surface area contributed by atoms with E-state index >= 15 is 0 Å². The number of nitrogens with one attached hydrogen (secondary N) is 1. The van der Waals surface area contributed by atoms with Gasteiger partial charge >= 0.3 is 6.09 Å². The Balaban J connectivity index is 2.19. The Morgan fingerprint density at radius 2 is 2.05 bits per heavy atom. The molecule has 0 fully saturated rings. The molecule has 0 radical (unpaired) electrons. The Kier molecular flexibility index (Phi) is 6.58. The van der Waals surface area contributed by atoms with Crippen LogP contribution in [-0.4, -0.2) is 24.8 Å². The topological polar surface area (TPSA) is 47.6 Å². The Labute approximate surface area is 134 Å². The van der Waals surface area contributed by atoms with Crippen molar-refractivity contribution in [1.29, 1.82) is 0 Å². The Morgan fingerprint density at radius 3 is 2.65 bits per heavy atom. The van der Waals surface area contributed by atoms with Gasteiger partial charge in [-0.15, -0.1) is 0 Å². The van der Waals surface area contributed by atoms with Crippen molar-refractivity contribution in [2.75, 3.05) is 13.2 Å². The molecule has 112 valence electrons. The summed E-state index contributed by atoms with van der Waals surface area (Å²) in [5.41, 5.74) is 0.745. The van der Waals surface area contributed by atoms with Crippen LogP contribution in [0.15, 0.2) is 18.2 Å². The van der Waals surface area contributed by atoms with Gasteiger partial charge in [0.15, 0.2) is 0 Å². The molecule has 1 aromatic carbocycles. The van der Waals surface area contributed by atoms with E-state index in [0.717, 1.165) is 12.2 Å². The molecule has 0 saturated carbocycles. The maximum absolute atomic E-state index is 11.4. The van der Waals surface area contributed by atoms with E-state index in [1.165, 1.54) is 9.13 Å². The molecule has 0 bridgehead atoms. The molecular formula is C15H22INO3. The minimum Gasteiger partial charge on any atom is -0.494 e. The molecule has 1 N–H and O–H groups in total. The molecule has 0 aromatic heterocycles. The Morgan fingerprint density at radius 1 is 1.35 bits per heavy atom. The summed E-state index contributed by atoms with van der Waals surface area (Å²) in [4.78, 5) is 11.4. The van der Waals surface area contributed by atoms with Gasteiger partial charge in [0, 0.05) is 10.1 Å². The molecule has 1 amide bonds. The average molecular weight is 391 g/mol. The quantitative estimate of drug-likeness (QED) is 0.612. The van der Waals surface area contributed by atoms with E-state index in [1.54, 1.807) is 0 Å². The van der Waals surface area contributed by atoms with E-state index in [1.807, 2.05) is 39.0 Å². The third-order valence-corrected chi connectivity index (χ3v) is 3.60. The molecule has 5 heteroatoms. The Hall–Kier alpha value is -0.980. The number of amides is 1. The number of carbonyl (C=O) groups excluding carboxylic acids is 1. The summed E-state index contributed by atoms with van der Waals surface area (Å²) in [6, 6.07) is 6.00. The molecule has 0 unspecified atom stereocenters. The first-order chi connectivity index (χ1) is 9.28. The fraction of sp³-hybridized carbons (Fsp3) is 0.533. The number of aryl methyl sites for hydroxylation is 1. The van der Waals surface area contributed by atoms with Crippen LogP contribution in [-0.2, 0) is 4.74 Å². The lowest BCUT2D eigenvalue weighted by Gasteiger charge is -2.19. The number of hydrogen-bond acceptors (Lipinski definition) is 3. The zero-order valence-corrected chi connectivity index (χ0v) is 14.6. The number of ether oxygens (including phenoxy) is 2. The summed E-state index contributed by atoms with van der Waals surface area (Å²) < 4.78 is 12.0. The van der Waals surface area contributed by atoms with E-state index < -0.39 is 5.60 Å². The number of benzene rings is 1. The summed E-state index contributed by atoms with van der Waals surface area (Å²) in [5.74, 6) is 0.861. The van der Waals surface area contributed by atoms with Crippen molar-refractivity contribution in [3.63, 3.8) is 0 Å². The first kappa shape index (κ1) is 17.1. The second-order valence-corrected chi connectivity index (χ2v) is 6.70. The predicted octanol–water partition coefficient (Wildman–Crippen LogP) is 3.89. The minimum atomic E-state index is -0.459. The normalized spacial score (nSPS) is 11.1. The van der Waals surface area contributed by atoms with Crippen molar-refractivity contribution >= 4 is 28.7 Å². The average Bonchev–Trinajstić information content (AvgIpc) is 2.31. The molecule has 0 spiro atoms. The fourth-order valence-electron chi connectivity index (χ4n) is 1.47. The first-order valence-corrected chi connectivity index (χ1v) is 7.71. The highest BCUT2D eigenvalue weighted by atomic mass is 127. The van der Waals surface area contributed by atoms with Crippen LogP contribution in [0.3, 0.4) is 0 Å². The zero-order chi connectivity index (χ0) is 15.2. The lowest BCUT2D eigenvalue weighted by atomic mass is 10.2. The molecule has 20 heavy (non-hydrogen) atoms. The van der Waals surface area contributed by atoms with Crippen molar-refractivity contribution in [3.8, 4) is 5.75 Å². The smallest absolute Gasteiger partial charge is 0.407 e. The van der Waals surface area contributed by atoms with Crippen molar-refractivity contribution < 1.29 is 14.3 Å². The van der Waals surface area contributed by atoms with E-state index in [0.29, 0.717) is 13.2 Å². The van der Waals surface area contributed by atoms with Gasteiger partial charge in [0.2, 0.25) is 0 Å². The number of halogens is 1. The van der Waals surface area contributed by atoms with Crippen LogP contribution < -0.4 is 10.1 Å². The summed E-state index contributed by atoms with van der Waals surface area (Å²) in [6.07, 6.45) is 0.354. The van der Waals surface area contributed by atoms with Gasteiger partial charge in [-0.05, 0) is 80.5 Å². The molecule has 1 aromatic rings. The van der Waals surface area contributed by atoms with Crippen molar-refractivity contribution in [2.24, 2.45) is 0 Å². The van der Waals surface area contributed by atoms with Crippen LogP contribution in [0.4, 0.5) is 4.79 Å². The molecule has 0 heterocycles. The molecule has 0 aliphatic rings. The lowest BCUT2D eigenvalue weighted by Crippen LogP contribution is -2.33. The minimum absolute atomic E-state index is 0.386. The SMILES string of the molecule is Cc1cc(OCCCNC(=O)OC(C)(C)C)ccc1I. The molecule has 0 atom stereocenters. The summed E-state index contributed by atoms with van der Waals surface area (Å²) in [7, 11) is 0. The van der Waals surface area contributed by atoms with E-state index in [9.17, 15) is 4.79 Å². The standard InChI is InChI=1S/C15H22INO3/c1-11-10-12(6-7-13(11)16)19-9-5-8-17-14(18)20-15(2,3)4/h6-7,10H,5,8-9H2,1-4H3,(H,17,18). The Bertz CT molecular complexity index is 455. The van der Waals surface area contributed by atoms with Gasteiger partial charge in [0.05, 0.1) is 6.61 Å². The highest BCUT2D eigenvalue weighted by Gasteiger charge is 2.15. The van der Waals surface area contributed by atoms with Gasteiger partial charge in [0.25, 0.3) is 0 Å². The van der Waals surface area contributed by atoms with Gasteiger partial charge in [-0.25, -0.2) is 4.79 Å². The fourth-order valence-corrected chi connectivity index (χ4v) is 1.81. The van der Waals surface area contributed by atoms with Gasteiger partial charge in [-0.2, -0.15) is 0 Å². The van der Waals surface area contributed by atoms with Gasteiger partial charge < -0.3 is 14.8 Å². The van der Waals surface area contributed by atoms with Gasteiger partial charge in [-0.3, -0.25) is 0 Å². The highest BCUT2D eigenvalue weighted by Crippen LogP contribution is 2.18. The molecule has 4 nitrogen and oxygen atoms in total. The zero-order valence-electron chi connectivity index (χ0n) is 12.5. The first-order valence-electron chi connectivity index (χ1n) is 6.64. The van der Waals surface area contributed by atoms with Gasteiger partial charge in [0.1, 0.15) is 11.4 Å². The van der Waals surface area contributed by atoms with Crippen LogP contribution in [0.25, 0.3) is 0 Å². The van der Waals surface area contributed by atoms with Crippen LogP contribution in [0.2, 0.25) is 0 Å². The van der Waals surface area contributed by atoms with E-state index in [4.69, 9.17) is 9.47 Å². The van der Waals surface area contributed by atoms with Crippen molar-refractivity contribution in [2.45, 2.75) is 39.7 Å². The molecule has 1 rings (SSSR count). The maximum atomic E-state index is 11.4. The van der Waals surface area contributed by atoms with E-state index in [-0.39, 0.29) is 6.09 Å². The van der Waals surface area contributed by atoms with Gasteiger partial charge in [-0.1, -0.05) is 0 Å². The maximum Gasteiger partial charge on any atom is 0.407 e. The monoisotopic (exact) mass is 391 g/mol. The molecular weight excluding hydrogens is 369 g/mol. The summed E-state index contributed by atoms with van der Waals surface area (Å²) in [5, 5.41) is 2.70. The highest BCUT2D eigenvalue weighted by molar-refractivity contribution is 14.1. The van der Waals surface area contributed by atoms with Crippen molar-refractivity contribution in [3.05, 3.63) is 27.3 Å². The third-order valence-electron chi connectivity index (χ3n) is 2.39. The van der Waals surface area contributed by atoms with Crippen molar-refractivity contribution in [1.82, 2.24) is 5.32 Å². The van der Waals surface area contributed by atoms with Crippen LogP contribution >= 0.6 is 22.6 Å². The summed E-state index contributed by atoms with van der Waals surface area (Å²) in [6.45, 7) is 8.69. The largest absolute Gasteiger partial charge is 0.494 e. The second-order valence-electron chi connectivity index (χ2n) is 5.54. The predicted molar refractivity (Wildman–Crippen MR) is 88.2 cm³/mol. The van der Waals surface area contributed by atoms with Crippen LogP contribution in [0.5, 0.6) is 5.75 Å². The number of alkyl carbamates (subject to hydrolysis) is 1. The second kappa shape index (κ2) is 7.71. The lowest BCUT2D eigenvalue weighted by molar-refractivity contribution is 0.0525. The number of carbonyl (C=O) groups is 1.